The number of carbonyl (C=O) groups is 1. The third kappa shape index (κ3) is 3.49. The van der Waals surface area contributed by atoms with E-state index in [0.29, 0.717) is 16.3 Å². The normalized spacial score (nSPS) is 9.95. The first-order valence-corrected chi connectivity index (χ1v) is 6.17. The van der Waals surface area contributed by atoms with Gasteiger partial charge in [0.2, 0.25) is 0 Å². The van der Waals surface area contributed by atoms with Crippen LogP contribution in [0.2, 0.25) is 5.02 Å². The number of benzene rings is 1. The van der Waals surface area contributed by atoms with Gasteiger partial charge in [-0.1, -0.05) is 23.8 Å². The molecular formula is C13H10ClN3OS. The van der Waals surface area contributed by atoms with Crippen LogP contribution < -0.4 is 11.1 Å². The molecule has 0 radical (unpaired) electrons. The van der Waals surface area contributed by atoms with Crippen molar-refractivity contribution in [2.45, 2.75) is 0 Å². The molecule has 1 aromatic heterocycles. The van der Waals surface area contributed by atoms with Crippen LogP contribution in [0.3, 0.4) is 0 Å². The minimum atomic E-state index is -0.309. The third-order valence-electron chi connectivity index (χ3n) is 2.38. The van der Waals surface area contributed by atoms with Gasteiger partial charge >= 0.3 is 0 Å². The first kappa shape index (κ1) is 13.5. The van der Waals surface area contributed by atoms with Gasteiger partial charge in [-0.25, -0.2) is 0 Å². The summed E-state index contributed by atoms with van der Waals surface area (Å²) < 4.78 is 0. The molecule has 2 rings (SSSR count). The standard InChI is InChI=1S/C13H10ClN3OS/c14-9-2-4-10(5-3-9)17-13(18)11-6-1-8(7-16-11)12(15)19/h1-7H,(H2,15,19)(H,17,18). The fourth-order valence-electron chi connectivity index (χ4n) is 1.40. The zero-order valence-electron chi connectivity index (χ0n) is 9.76. The van der Waals surface area contributed by atoms with Gasteiger partial charge in [0.1, 0.15) is 10.7 Å². The lowest BCUT2D eigenvalue weighted by molar-refractivity contribution is 0.102. The summed E-state index contributed by atoms with van der Waals surface area (Å²) in [5.74, 6) is -0.309. The molecule has 0 aliphatic carbocycles. The van der Waals surface area contributed by atoms with E-state index < -0.39 is 0 Å². The van der Waals surface area contributed by atoms with Crippen LogP contribution in [0.4, 0.5) is 5.69 Å². The van der Waals surface area contributed by atoms with Crippen molar-refractivity contribution in [1.82, 2.24) is 4.98 Å². The third-order valence-corrected chi connectivity index (χ3v) is 2.87. The lowest BCUT2D eigenvalue weighted by Gasteiger charge is -2.05. The number of nitrogens with zero attached hydrogens (tertiary/aromatic N) is 1. The summed E-state index contributed by atoms with van der Waals surface area (Å²) in [4.78, 5) is 16.2. The quantitative estimate of drug-likeness (QED) is 0.853. The molecule has 4 nitrogen and oxygen atoms in total. The lowest BCUT2D eigenvalue weighted by Crippen LogP contribution is -2.15. The summed E-state index contributed by atoms with van der Waals surface area (Å²) >= 11 is 10.6. The average molecular weight is 292 g/mol. The van der Waals surface area contributed by atoms with Crippen molar-refractivity contribution in [3.8, 4) is 0 Å². The number of amides is 1. The molecule has 0 aliphatic rings. The molecule has 0 spiro atoms. The molecule has 0 atom stereocenters. The molecular weight excluding hydrogens is 282 g/mol. The van der Waals surface area contributed by atoms with E-state index in [1.807, 2.05) is 0 Å². The Balaban J connectivity index is 2.11. The van der Waals surface area contributed by atoms with Gasteiger partial charge in [0, 0.05) is 22.5 Å². The van der Waals surface area contributed by atoms with Gasteiger partial charge in [-0.3, -0.25) is 9.78 Å². The van der Waals surface area contributed by atoms with Crippen molar-refractivity contribution < 1.29 is 4.79 Å². The molecule has 1 amide bonds. The predicted molar refractivity (Wildman–Crippen MR) is 79.5 cm³/mol. The Morgan fingerprint density at radius 3 is 2.42 bits per heavy atom. The Labute approximate surface area is 120 Å². The highest BCUT2D eigenvalue weighted by atomic mass is 35.5. The minimum Gasteiger partial charge on any atom is -0.389 e. The van der Waals surface area contributed by atoms with Gasteiger partial charge in [0.05, 0.1) is 0 Å². The highest BCUT2D eigenvalue weighted by Gasteiger charge is 2.08. The fraction of sp³-hybridized carbons (Fsp3) is 0. The van der Waals surface area contributed by atoms with Crippen molar-refractivity contribution in [2.24, 2.45) is 5.73 Å². The van der Waals surface area contributed by atoms with Crippen molar-refractivity contribution in [3.05, 3.63) is 58.9 Å². The molecule has 96 valence electrons. The SMILES string of the molecule is NC(=S)c1ccc(C(=O)Nc2ccc(Cl)cc2)nc1. The van der Waals surface area contributed by atoms with Gasteiger partial charge < -0.3 is 11.1 Å². The van der Waals surface area contributed by atoms with E-state index >= 15 is 0 Å². The van der Waals surface area contributed by atoms with E-state index in [4.69, 9.17) is 29.6 Å². The topological polar surface area (TPSA) is 68.0 Å². The van der Waals surface area contributed by atoms with Crippen molar-refractivity contribution in [3.63, 3.8) is 0 Å². The fourth-order valence-corrected chi connectivity index (χ4v) is 1.65. The number of rotatable bonds is 3. The monoisotopic (exact) mass is 291 g/mol. The Hall–Kier alpha value is -1.98. The van der Waals surface area contributed by atoms with Gasteiger partial charge in [0.15, 0.2) is 0 Å². The van der Waals surface area contributed by atoms with Gasteiger partial charge in [-0.05, 0) is 36.4 Å². The summed E-state index contributed by atoms with van der Waals surface area (Å²) in [5, 5.41) is 3.32. The molecule has 0 fully saturated rings. The summed E-state index contributed by atoms with van der Waals surface area (Å²) in [6.07, 6.45) is 1.47. The maximum Gasteiger partial charge on any atom is 0.274 e. The number of nitrogens with one attached hydrogen (secondary N) is 1. The molecule has 0 aliphatic heterocycles. The number of aromatic nitrogens is 1. The second-order valence-corrected chi connectivity index (χ2v) is 4.63. The van der Waals surface area contributed by atoms with Crippen LogP contribution in [-0.4, -0.2) is 15.9 Å². The number of nitrogens with two attached hydrogens (primary N) is 1. The number of carbonyl (C=O) groups excluding carboxylic acids is 1. The second-order valence-electron chi connectivity index (χ2n) is 3.76. The summed E-state index contributed by atoms with van der Waals surface area (Å²) in [7, 11) is 0. The first-order chi connectivity index (χ1) is 9.06. The molecule has 3 N–H and O–H groups in total. The zero-order valence-corrected chi connectivity index (χ0v) is 11.3. The summed E-state index contributed by atoms with van der Waals surface area (Å²) in [5.41, 5.74) is 7.01. The summed E-state index contributed by atoms with van der Waals surface area (Å²) in [6.45, 7) is 0. The molecule has 19 heavy (non-hydrogen) atoms. The van der Waals surface area contributed by atoms with Crippen LogP contribution in [0.15, 0.2) is 42.6 Å². The van der Waals surface area contributed by atoms with Crippen LogP contribution in [0.1, 0.15) is 16.1 Å². The van der Waals surface area contributed by atoms with Gasteiger partial charge in [0.25, 0.3) is 5.91 Å². The highest BCUT2D eigenvalue weighted by Crippen LogP contribution is 2.14. The van der Waals surface area contributed by atoms with Crippen LogP contribution in [0.5, 0.6) is 0 Å². The molecule has 0 unspecified atom stereocenters. The molecule has 0 saturated heterocycles. The van der Waals surface area contributed by atoms with Crippen molar-refractivity contribution >= 4 is 40.4 Å². The number of thiocarbonyl (C=S) groups is 1. The minimum absolute atomic E-state index is 0.247. The van der Waals surface area contributed by atoms with E-state index in [1.165, 1.54) is 6.20 Å². The first-order valence-electron chi connectivity index (χ1n) is 5.39. The maximum absolute atomic E-state index is 11.9. The Bertz CT molecular complexity index is 611. The summed E-state index contributed by atoms with van der Waals surface area (Å²) in [6, 6.07) is 10.0. The smallest absolute Gasteiger partial charge is 0.274 e. The zero-order chi connectivity index (χ0) is 13.8. The average Bonchev–Trinajstić information content (AvgIpc) is 2.41. The Kier molecular flexibility index (Phi) is 4.09. The maximum atomic E-state index is 11.9. The number of hydrogen-bond donors (Lipinski definition) is 2. The number of pyridine rings is 1. The Morgan fingerprint density at radius 1 is 1.21 bits per heavy atom. The largest absolute Gasteiger partial charge is 0.389 e. The number of hydrogen-bond acceptors (Lipinski definition) is 3. The molecule has 1 aromatic carbocycles. The van der Waals surface area contributed by atoms with E-state index in [-0.39, 0.29) is 16.6 Å². The Morgan fingerprint density at radius 2 is 1.89 bits per heavy atom. The predicted octanol–water partition coefficient (Wildman–Crippen LogP) is 2.62. The number of halogens is 1. The van der Waals surface area contributed by atoms with E-state index in [9.17, 15) is 4.79 Å². The van der Waals surface area contributed by atoms with Crippen LogP contribution in [-0.2, 0) is 0 Å². The van der Waals surface area contributed by atoms with E-state index in [2.05, 4.69) is 10.3 Å². The van der Waals surface area contributed by atoms with Crippen molar-refractivity contribution in [1.29, 1.82) is 0 Å². The molecule has 0 saturated carbocycles. The molecule has 6 heteroatoms. The van der Waals surface area contributed by atoms with E-state index in [0.717, 1.165) is 0 Å². The van der Waals surface area contributed by atoms with Gasteiger partial charge in [-0.2, -0.15) is 0 Å². The molecule has 0 bridgehead atoms. The van der Waals surface area contributed by atoms with Crippen molar-refractivity contribution in [2.75, 3.05) is 5.32 Å². The van der Waals surface area contributed by atoms with Gasteiger partial charge in [-0.15, -0.1) is 0 Å². The van der Waals surface area contributed by atoms with Crippen LogP contribution >= 0.6 is 23.8 Å². The molecule has 2 aromatic rings. The molecule has 1 heterocycles. The van der Waals surface area contributed by atoms with Crippen LogP contribution in [0.25, 0.3) is 0 Å². The van der Waals surface area contributed by atoms with E-state index in [1.54, 1.807) is 36.4 Å². The number of anilines is 1. The lowest BCUT2D eigenvalue weighted by atomic mass is 10.2. The highest BCUT2D eigenvalue weighted by molar-refractivity contribution is 7.80. The van der Waals surface area contributed by atoms with Crippen LogP contribution in [0, 0.1) is 0 Å². The second kappa shape index (κ2) is 5.77.